The SMILES string of the molecule is O=C(Cc1ccccc1)NC(CC1CCCCN1Cc1ccc(Cl)c(Cl)c1)c1ccccn1. The average Bonchev–Trinajstić information content (AvgIpc) is 2.83. The van der Waals surface area contributed by atoms with Crippen molar-refractivity contribution in [3.8, 4) is 0 Å². The van der Waals surface area contributed by atoms with E-state index in [0.717, 1.165) is 42.8 Å². The smallest absolute Gasteiger partial charge is 0.224 e. The molecular weight excluding hydrogens is 453 g/mol. The fraction of sp³-hybridized carbons (Fsp3) is 0.333. The van der Waals surface area contributed by atoms with Gasteiger partial charge in [-0.15, -0.1) is 0 Å². The number of amides is 1. The molecule has 1 amide bonds. The zero-order valence-electron chi connectivity index (χ0n) is 18.6. The van der Waals surface area contributed by atoms with Crippen molar-refractivity contribution in [2.75, 3.05) is 6.54 Å². The molecule has 1 aliphatic heterocycles. The number of piperidine rings is 1. The Kier molecular flexibility index (Phi) is 8.38. The maximum Gasteiger partial charge on any atom is 0.224 e. The van der Waals surface area contributed by atoms with Gasteiger partial charge >= 0.3 is 0 Å². The molecule has 33 heavy (non-hydrogen) atoms. The second kappa shape index (κ2) is 11.6. The molecule has 3 aromatic rings. The van der Waals surface area contributed by atoms with E-state index in [4.69, 9.17) is 23.2 Å². The Labute approximate surface area is 205 Å². The Balaban J connectivity index is 1.48. The first-order chi connectivity index (χ1) is 16.1. The molecule has 0 saturated carbocycles. The quantitative estimate of drug-likeness (QED) is 0.414. The van der Waals surface area contributed by atoms with Gasteiger partial charge < -0.3 is 5.32 Å². The van der Waals surface area contributed by atoms with Crippen molar-refractivity contribution in [1.82, 2.24) is 15.2 Å². The molecule has 0 bridgehead atoms. The highest BCUT2D eigenvalue weighted by Crippen LogP contribution is 2.29. The van der Waals surface area contributed by atoms with E-state index in [1.807, 2.05) is 66.7 Å². The number of hydrogen-bond acceptors (Lipinski definition) is 3. The maximum absolute atomic E-state index is 12.9. The second-order valence-corrected chi connectivity index (χ2v) is 9.46. The highest BCUT2D eigenvalue weighted by atomic mass is 35.5. The lowest BCUT2D eigenvalue weighted by Gasteiger charge is -2.38. The molecule has 6 heteroatoms. The summed E-state index contributed by atoms with van der Waals surface area (Å²) >= 11 is 12.4. The number of halogens is 2. The third-order valence-electron chi connectivity index (χ3n) is 6.21. The van der Waals surface area contributed by atoms with Crippen LogP contribution in [0.4, 0.5) is 0 Å². The van der Waals surface area contributed by atoms with E-state index in [1.165, 1.54) is 12.8 Å². The predicted octanol–water partition coefficient (Wildman–Crippen LogP) is 6.23. The van der Waals surface area contributed by atoms with E-state index < -0.39 is 0 Å². The van der Waals surface area contributed by atoms with E-state index in [1.54, 1.807) is 6.20 Å². The van der Waals surface area contributed by atoms with Gasteiger partial charge in [-0.25, -0.2) is 0 Å². The third-order valence-corrected chi connectivity index (χ3v) is 6.95. The van der Waals surface area contributed by atoms with E-state index >= 15 is 0 Å². The lowest BCUT2D eigenvalue weighted by Crippen LogP contribution is -2.42. The van der Waals surface area contributed by atoms with Crippen LogP contribution in [-0.4, -0.2) is 28.4 Å². The van der Waals surface area contributed by atoms with Crippen LogP contribution in [0.15, 0.2) is 72.9 Å². The highest BCUT2D eigenvalue weighted by Gasteiger charge is 2.28. The van der Waals surface area contributed by atoms with Gasteiger partial charge in [-0.1, -0.05) is 72.1 Å². The molecule has 4 nitrogen and oxygen atoms in total. The average molecular weight is 482 g/mol. The van der Waals surface area contributed by atoms with Crippen LogP contribution in [0.2, 0.25) is 10.0 Å². The molecule has 1 N–H and O–H groups in total. The van der Waals surface area contributed by atoms with Crippen LogP contribution in [-0.2, 0) is 17.8 Å². The maximum atomic E-state index is 12.9. The van der Waals surface area contributed by atoms with E-state index in [-0.39, 0.29) is 11.9 Å². The van der Waals surface area contributed by atoms with Gasteiger partial charge in [0.15, 0.2) is 0 Å². The minimum atomic E-state index is -0.137. The van der Waals surface area contributed by atoms with Gasteiger partial charge in [-0.05, 0) is 61.2 Å². The minimum Gasteiger partial charge on any atom is -0.347 e. The molecule has 1 aliphatic rings. The predicted molar refractivity (Wildman–Crippen MR) is 134 cm³/mol. The summed E-state index contributed by atoms with van der Waals surface area (Å²) in [6.07, 6.45) is 6.43. The lowest BCUT2D eigenvalue weighted by atomic mass is 9.93. The summed E-state index contributed by atoms with van der Waals surface area (Å²) in [6.45, 7) is 1.84. The Morgan fingerprint density at radius 1 is 1.00 bits per heavy atom. The van der Waals surface area contributed by atoms with Crippen molar-refractivity contribution < 1.29 is 4.79 Å². The Morgan fingerprint density at radius 2 is 1.82 bits per heavy atom. The zero-order valence-corrected chi connectivity index (χ0v) is 20.1. The zero-order chi connectivity index (χ0) is 23.0. The molecule has 0 radical (unpaired) electrons. The molecule has 0 spiro atoms. The number of hydrogen-bond donors (Lipinski definition) is 1. The van der Waals surface area contributed by atoms with Crippen molar-refractivity contribution in [2.45, 2.75) is 50.7 Å². The minimum absolute atomic E-state index is 0.0173. The molecule has 0 aliphatic carbocycles. The fourth-order valence-corrected chi connectivity index (χ4v) is 4.86. The third kappa shape index (κ3) is 6.80. The molecule has 1 fully saturated rings. The summed E-state index contributed by atoms with van der Waals surface area (Å²) in [5, 5.41) is 4.42. The molecule has 2 atom stereocenters. The number of carbonyl (C=O) groups excluding carboxylic acids is 1. The van der Waals surface area contributed by atoms with Crippen LogP contribution < -0.4 is 5.32 Å². The molecule has 1 aromatic heterocycles. The molecule has 4 rings (SSSR count). The van der Waals surface area contributed by atoms with Crippen LogP contribution in [0.3, 0.4) is 0 Å². The highest BCUT2D eigenvalue weighted by molar-refractivity contribution is 6.42. The van der Waals surface area contributed by atoms with Crippen molar-refractivity contribution in [3.63, 3.8) is 0 Å². The summed E-state index contributed by atoms with van der Waals surface area (Å²) in [5.74, 6) is 0.0173. The molecule has 172 valence electrons. The number of carbonyl (C=O) groups is 1. The van der Waals surface area contributed by atoms with E-state index in [9.17, 15) is 4.79 Å². The first-order valence-electron chi connectivity index (χ1n) is 11.5. The first-order valence-corrected chi connectivity index (χ1v) is 12.3. The van der Waals surface area contributed by atoms with Gasteiger partial charge in [0.1, 0.15) is 0 Å². The van der Waals surface area contributed by atoms with Gasteiger partial charge in [0.25, 0.3) is 0 Å². The molecule has 1 saturated heterocycles. The van der Waals surface area contributed by atoms with Crippen LogP contribution in [0.25, 0.3) is 0 Å². The van der Waals surface area contributed by atoms with E-state index in [0.29, 0.717) is 22.5 Å². The topological polar surface area (TPSA) is 45.2 Å². The van der Waals surface area contributed by atoms with Gasteiger partial charge in [0.05, 0.1) is 28.2 Å². The van der Waals surface area contributed by atoms with Gasteiger partial charge in [-0.2, -0.15) is 0 Å². The molecule has 2 aromatic carbocycles. The number of benzene rings is 2. The number of nitrogens with one attached hydrogen (secondary N) is 1. The number of likely N-dealkylation sites (tertiary alicyclic amines) is 1. The van der Waals surface area contributed by atoms with Crippen molar-refractivity contribution in [2.24, 2.45) is 0 Å². The monoisotopic (exact) mass is 481 g/mol. The molecular formula is C27H29Cl2N3O. The summed E-state index contributed by atoms with van der Waals surface area (Å²) in [4.78, 5) is 20.0. The van der Waals surface area contributed by atoms with Gasteiger partial charge in [0, 0.05) is 18.8 Å². The van der Waals surface area contributed by atoms with Crippen LogP contribution in [0.1, 0.15) is 48.5 Å². The summed E-state index contributed by atoms with van der Waals surface area (Å²) in [7, 11) is 0. The normalized spacial score (nSPS) is 17.5. The number of pyridine rings is 1. The van der Waals surface area contributed by atoms with Gasteiger partial charge in [0.2, 0.25) is 5.91 Å². The summed E-state index contributed by atoms with van der Waals surface area (Å²) in [6, 6.07) is 21.8. The van der Waals surface area contributed by atoms with Crippen LogP contribution in [0, 0.1) is 0 Å². The second-order valence-electron chi connectivity index (χ2n) is 8.64. The standard InChI is InChI=1S/C27H29Cl2N3O/c28-23-13-12-21(16-24(23)29)19-32-15-7-5-10-22(32)18-26(25-11-4-6-14-30-25)31-27(33)17-20-8-2-1-3-9-20/h1-4,6,8-9,11-14,16,22,26H,5,7,10,15,17-19H2,(H,31,33). The lowest BCUT2D eigenvalue weighted by molar-refractivity contribution is -0.121. The molecule has 2 unspecified atom stereocenters. The fourth-order valence-electron chi connectivity index (χ4n) is 4.54. The Hall–Kier alpha value is -2.40. The first kappa shape index (κ1) is 23.7. The molecule has 2 heterocycles. The van der Waals surface area contributed by atoms with Crippen molar-refractivity contribution in [3.05, 3.63) is 99.8 Å². The number of rotatable bonds is 8. The van der Waals surface area contributed by atoms with Crippen LogP contribution in [0.5, 0.6) is 0 Å². The van der Waals surface area contributed by atoms with Crippen LogP contribution >= 0.6 is 23.2 Å². The largest absolute Gasteiger partial charge is 0.347 e. The van der Waals surface area contributed by atoms with E-state index in [2.05, 4.69) is 15.2 Å². The Morgan fingerprint density at radius 3 is 2.58 bits per heavy atom. The van der Waals surface area contributed by atoms with Crippen molar-refractivity contribution in [1.29, 1.82) is 0 Å². The van der Waals surface area contributed by atoms with Gasteiger partial charge in [-0.3, -0.25) is 14.7 Å². The Bertz CT molecular complexity index is 1050. The number of aromatic nitrogens is 1. The van der Waals surface area contributed by atoms with Crippen molar-refractivity contribution >= 4 is 29.1 Å². The summed E-state index contributed by atoms with van der Waals surface area (Å²) in [5.41, 5.74) is 3.06. The summed E-state index contributed by atoms with van der Waals surface area (Å²) < 4.78 is 0. The number of nitrogens with zero attached hydrogens (tertiary/aromatic N) is 2.